The highest BCUT2D eigenvalue weighted by atomic mass is 35.5. The molecule has 25 heavy (non-hydrogen) atoms. The van der Waals surface area contributed by atoms with Gasteiger partial charge < -0.3 is 9.80 Å². The van der Waals surface area contributed by atoms with Crippen LogP contribution in [0.3, 0.4) is 0 Å². The molecule has 1 spiro atoms. The van der Waals surface area contributed by atoms with Crippen molar-refractivity contribution < 1.29 is 9.59 Å². The highest BCUT2D eigenvalue weighted by Gasteiger charge is 2.55. The second-order valence-corrected chi connectivity index (χ2v) is 8.51. The summed E-state index contributed by atoms with van der Waals surface area (Å²) in [6.07, 6.45) is 4.99. The van der Waals surface area contributed by atoms with Crippen LogP contribution in [0, 0.1) is 5.41 Å². The number of carbonyl (C=O) groups is 2. The van der Waals surface area contributed by atoms with Crippen LogP contribution in [0.2, 0.25) is 5.02 Å². The summed E-state index contributed by atoms with van der Waals surface area (Å²) in [4.78, 5) is 28.8. The standard InChI is InChI=1S/C20H25ClN2O2/c1-15(24)22-11-8-19(9-12-22)10-13-23(14-19)18(25)20(6-7-20)16-2-4-17(21)5-3-16/h2-5H,6-14H2,1H3. The summed E-state index contributed by atoms with van der Waals surface area (Å²) in [5.41, 5.74) is 1.02. The number of amides is 2. The van der Waals surface area contributed by atoms with Crippen molar-refractivity contribution in [1.29, 1.82) is 0 Å². The van der Waals surface area contributed by atoms with E-state index >= 15 is 0 Å². The lowest BCUT2D eigenvalue weighted by Crippen LogP contribution is -2.45. The SMILES string of the molecule is CC(=O)N1CCC2(CC1)CCN(C(=O)C1(c3ccc(Cl)cc3)CC1)C2. The third-order valence-electron chi connectivity index (χ3n) is 6.55. The van der Waals surface area contributed by atoms with E-state index in [0.717, 1.165) is 63.8 Å². The van der Waals surface area contributed by atoms with E-state index in [0.29, 0.717) is 10.9 Å². The molecule has 3 fully saturated rings. The molecule has 2 heterocycles. The number of piperidine rings is 1. The molecule has 1 aromatic rings. The van der Waals surface area contributed by atoms with Gasteiger partial charge in [0.25, 0.3) is 0 Å². The average Bonchev–Trinajstić information content (AvgIpc) is 3.32. The minimum atomic E-state index is -0.309. The summed E-state index contributed by atoms with van der Waals surface area (Å²) in [5, 5.41) is 0.712. The van der Waals surface area contributed by atoms with Crippen molar-refractivity contribution in [1.82, 2.24) is 9.80 Å². The third-order valence-corrected chi connectivity index (χ3v) is 6.80. The zero-order valence-electron chi connectivity index (χ0n) is 14.8. The van der Waals surface area contributed by atoms with Gasteiger partial charge in [-0.05, 0) is 55.2 Å². The predicted molar refractivity (Wildman–Crippen MR) is 97.5 cm³/mol. The number of hydrogen-bond donors (Lipinski definition) is 0. The molecule has 4 nitrogen and oxygen atoms in total. The summed E-state index contributed by atoms with van der Waals surface area (Å²) >= 11 is 6.00. The Labute approximate surface area is 154 Å². The summed E-state index contributed by atoms with van der Waals surface area (Å²) in [5.74, 6) is 0.459. The fraction of sp³-hybridized carbons (Fsp3) is 0.600. The molecular weight excluding hydrogens is 336 g/mol. The van der Waals surface area contributed by atoms with E-state index in [-0.39, 0.29) is 16.7 Å². The highest BCUT2D eigenvalue weighted by Crippen LogP contribution is 2.51. The molecule has 5 heteroatoms. The molecule has 2 saturated heterocycles. The average molecular weight is 361 g/mol. The van der Waals surface area contributed by atoms with E-state index in [9.17, 15) is 9.59 Å². The smallest absolute Gasteiger partial charge is 0.233 e. The normalized spacial score (nSPS) is 23.8. The molecule has 1 aromatic carbocycles. The van der Waals surface area contributed by atoms with Gasteiger partial charge in [0.05, 0.1) is 5.41 Å². The first kappa shape index (κ1) is 16.9. The van der Waals surface area contributed by atoms with E-state index in [1.54, 1.807) is 6.92 Å². The quantitative estimate of drug-likeness (QED) is 0.812. The van der Waals surface area contributed by atoms with Crippen LogP contribution in [-0.2, 0) is 15.0 Å². The van der Waals surface area contributed by atoms with Crippen LogP contribution in [-0.4, -0.2) is 47.8 Å². The van der Waals surface area contributed by atoms with E-state index < -0.39 is 0 Å². The topological polar surface area (TPSA) is 40.6 Å². The number of rotatable bonds is 2. The molecule has 3 aliphatic rings. The zero-order valence-corrected chi connectivity index (χ0v) is 15.5. The van der Waals surface area contributed by atoms with Crippen molar-refractivity contribution >= 4 is 23.4 Å². The van der Waals surface area contributed by atoms with E-state index in [1.165, 1.54) is 0 Å². The van der Waals surface area contributed by atoms with Gasteiger partial charge in [0, 0.05) is 38.1 Å². The van der Waals surface area contributed by atoms with Crippen LogP contribution in [0.4, 0.5) is 0 Å². The van der Waals surface area contributed by atoms with Gasteiger partial charge in [-0.15, -0.1) is 0 Å². The summed E-state index contributed by atoms with van der Waals surface area (Å²) < 4.78 is 0. The van der Waals surface area contributed by atoms with Crippen molar-refractivity contribution in [3.05, 3.63) is 34.9 Å². The van der Waals surface area contributed by atoms with Crippen LogP contribution < -0.4 is 0 Å². The monoisotopic (exact) mass is 360 g/mol. The second kappa shape index (κ2) is 6.01. The molecule has 134 valence electrons. The molecule has 0 unspecified atom stereocenters. The van der Waals surface area contributed by atoms with Gasteiger partial charge >= 0.3 is 0 Å². The highest BCUT2D eigenvalue weighted by molar-refractivity contribution is 6.30. The number of likely N-dealkylation sites (tertiary alicyclic amines) is 2. The van der Waals surface area contributed by atoms with Gasteiger partial charge in [0.2, 0.25) is 11.8 Å². The van der Waals surface area contributed by atoms with Crippen molar-refractivity contribution in [3.8, 4) is 0 Å². The largest absolute Gasteiger partial charge is 0.343 e. The van der Waals surface area contributed by atoms with Gasteiger partial charge in [-0.2, -0.15) is 0 Å². The second-order valence-electron chi connectivity index (χ2n) is 8.07. The van der Waals surface area contributed by atoms with Gasteiger partial charge in [-0.25, -0.2) is 0 Å². The first-order valence-corrected chi connectivity index (χ1v) is 9.63. The fourth-order valence-corrected chi connectivity index (χ4v) is 4.76. The van der Waals surface area contributed by atoms with Crippen LogP contribution in [0.25, 0.3) is 0 Å². The van der Waals surface area contributed by atoms with E-state index in [2.05, 4.69) is 4.90 Å². The Bertz CT molecular complexity index is 688. The van der Waals surface area contributed by atoms with Gasteiger partial charge in [-0.1, -0.05) is 23.7 Å². The maximum absolute atomic E-state index is 13.2. The summed E-state index contributed by atoms with van der Waals surface area (Å²) in [6, 6.07) is 7.77. The molecule has 0 N–H and O–H groups in total. The Balaban J connectivity index is 1.44. The molecular formula is C20H25ClN2O2. The van der Waals surface area contributed by atoms with Crippen LogP contribution in [0.15, 0.2) is 24.3 Å². The first-order chi connectivity index (χ1) is 11.9. The minimum Gasteiger partial charge on any atom is -0.343 e. The number of halogens is 1. The Kier molecular flexibility index (Phi) is 4.06. The Morgan fingerprint density at radius 3 is 2.00 bits per heavy atom. The van der Waals surface area contributed by atoms with E-state index in [1.807, 2.05) is 29.2 Å². The lowest BCUT2D eigenvalue weighted by atomic mass is 9.77. The number of nitrogens with zero attached hydrogens (tertiary/aromatic N) is 2. The molecule has 1 aliphatic carbocycles. The van der Waals surface area contributed by atoms with Crippen molar-refractivity contribution in [3.63, 3.8) is 0 Å². The van der Waals surface area contributed by atoms with Crippen LogP contribution in [0.5, 0.6) is 0 Å². The first-order valence-electron chi connectivity index (χ1n) is 9.25. The number of carbonyl (C=O) groups excluding carboxylic acids is 2. The molecule has 0 atom stereocenters. The predicted octanol–water partition coefficient (Wildman–Crippen LogP) is 3.23. The van der Waals surface area contributed by atoms with E-state index in [4.69, 9.17) is 11.6 Å². The molecule has 0 radical (unpaired) electrons. The Morgan fingerprint density at radius 1 is 0.920 bits per heavy atom. The van der Waals surface area contributed by atoms with Gasteiger partial charge in [-0.3, -0.25) is 9.59 Å². The van der Waals surface area contributed by atoms with Crippen LogP contribution in [0.1, 0.15) is 44.6 Å². The third kappa shape index (κ3) is 2.95. The molecule has 2 amide bonds. The van der Waals surface area contributed by atoms with Crippen molar-refractivity contribution in [2.24, 2.45) is 5.41 Å². The Morgan fingerprint density at radius 2 is 1.48 bits per heavy atom. The summed E-state index contributed by atoms with van der Waals surface area (Å²) in [7, 11) is 0. The van der Waals surface area contributed by atoms with Crippen molar-refractivity contribution in [2.75, 3.05) is 26.2 Å². The minimum absolute atomic E-state index is 0.167. The maximum Gasteiger partial charge on any atom is 0.233 e. The molecule has 0 bridgehead atoms. The van der Waals surface area contributed by atoms with Gasteiger partial charge in [0.15, 0.2) is 0 Å². The maximum atomic E-state index is 13.2. The fourth-order valence-electron chi connectivity index (χ4n) is 4.64. The molecule has 4 rings (SSSR count). The Hall–Kier alpha value is -1.55. The molecule has 0 aromatic heterocycles. The number of benzene rings is 1. The summed E-state index contributed by atoms with van der Waals surface area (Å²) in [6.45, 7) is 5.02. The van der Waals surface area contributed by atoms with Crippen LogP contribution >= 0.6 is 11.6 Å². The molecule has 1 saturated carbocycles. The number of hydrogen-bond acceptors (Lipinski definition) is 2. The lowest BCUT2D eigenvalue weighted by molar-refractivity contribution is -0.134. The van der Waals surface area contributed by atoms with Gasteiger partial charge in [0.1, 0.15) is 0 Å². The zero-order chi connectivity index (χ0) is 17.7. The van der Waals surface area contributed by atoms with Crippen molar-refractivity contribution in [2.45, 2.75) is 44.4 Å². The lowest BCUT2D eigenvalue weighted by Gasteiger charge is -2.39. The molecule has 2 aliphatic heterocycles.